The van der Waals surface area contributed by atoms with Gasteiger partial charge in [0, 0.05) is 77.0 Å². The molecule has 1 spiro atoms. The molecule has 0 fully saturated rings. The Hall–Kier alpha value is -10.4. The fraction of sp³-hybridized carbons (Fsp3) is 0.0137. The largest absolute Gasteiger partial charge is 0.457 e. The summed E-state index contributed by atoms with van der Waals surface area (Å²) in [5.41, 5.74) is 20.4. The summed E-state index contributed by atoms with van der Waals surface area (Å²) in [7, 11) is 0. The molecule has 16 aromatic rings. The average molecular weight is 993 g/mol. The number of aromatic nitrogens is 4. The Kier molecular flexibility index (Phi) is 8.27. The van der Waals surface area contributed by atoms with Gasteiger partial charge in [0.1, 0.15) is 11.5 Å². The zero-order chi connectivity index (χ0) is 50.8. The summed E-state index contributed by atoms with van der Waals surface area (Å²) in [6, 6.07) is 98.7. The Balaban J connectivity index is 0.861. The summed E-state index contributed by atoms with van der Waals surface area (Å²) >= 11 is 0. The first kappa shape index (κ1) is 41.9. The second-order valence-electron chi connectivity index (χ2n) is 21.2. The van der Waals surface area contributed by atoms with Crippen LogP contribution in [0.4, 0.5) is 0 Å². The lowest BCUT2D eigenvalue weighted by molar-refractivity contribution is 0.436. The first-order valence-electron chi connectivity index (χ1n) is 26.9. The lowest BCUT2D eigenvalue weighted by atomic mass is 9.66. The predicted molar refractivity (Wildman–Crippen MR) is 321 cm³/mol. The van der Waals surface area contributed by atoms with Crippen molar-refractivity contribution in [2.75, 3.05) is 0 Å². The maximum absolute atomic E-state index is 6.91. The molecule has 4 aromatic heterocycles. The van der Waals surface area contributed by atoms with Crippen molar-refractivity contribution in [2.24, 2.45) is 0 Å². The minimum Gasteiger partial charge on any atom is -0.457 e. The van der Waals surface area contributed by atoms with Crippen molar-refractivity contribution in [3.05, 3.63) is 289 Å². The lowest BCUT2D eigenvalue weighted by Crippen LogP contribution is -2.32. The van der Waals surface area contributed by atoms with Crippen LogP contribution in [0.15, 0.2) is 267 Å². The topological polar surface area (TPSA) is 28.9 Å². The molecule has 0 bridgehead atoms. The molecule has 2 aliphatic rings. The Morgan fingerprint density at radius 3 is 0.846 bits per heavy atom. The third-order valence-corrected chi connectivity index (χ3v) is 17.4. The van der Waals surface area contributed by atoms with Crippen molar-refractivity contribution < 1.29 is 4.74 Å². The van der Waals surface area contributed by atoms with E-state index in [1.165, 1.54) is 98.4 Å². The van der Waals surface area contributed by atoms with Crippen LogP contribution >= 0.6 is 0 Å². The van der Waals surface area contributed by atoms with Crippen LogP contribution in [0.1, 0.15) is 22.3 Å². The molecule has 78 heavy (non-hydrogen) atoms. The smallest absolute Gasteiger partial charge is 0.132 e. The molecule has 362 valence electrons. The standard InChI is InChI=1S/C73H44N4O/c1-9-25-63-51(17-1)52-18-2-10-26-64(52)74(63)45-35-39-69-57(41-45)55-21-5-13-29-67(55)76(69)47-33-37-49-50-38-34-48(44-62(50)73(61(49)43-47)59-23-7-15-31-71(59)78-72-32-16-8-24-60(72)73)77-68-30-14-6-22-56(68)58-42-46(36-40-70(58)77)75-65-27-11-3-19-53(65)54-20-4-12-28-66(54)75/h1-44H. The summed E-state index contributed by atoms with van der Waals surface area (Å²) in [4.78, 5) is 0. The number of hydrogen-bond acceptors (Lipinski definition) is 1. The first-order valence-corrected chi connectivity index (χ1v) is 26.9. The van der Waals surface area contributed by atoms with Crippen LogP contribution in [0.25, 0.3) is 121 Å². The van der Waals surface area contributed by atoms with Gasteiger partial charge in [0.15, 0.2) is 0 Å². The average Bonchev–Trinajstić information content (AvgIpc) is 3.76. The van der Waals surface area contributed by atoms with Gasteiger partial charge in [0.25, 0.3) is 0 Å². The second kappa shape index (κ2) is 15.4. The number of rotatable bonds is 4. The predicted octanol–water partition coefficient (Wildman–Crippen LogP) is 18.5. The molecule has 0 saturated carbocycles. The fourth-order valence-electron chi connectivity index (χ4n) is 14.3. The molecular formula is C73H44N4O. The van der Waals surface area contributed by atoms with E-state index in [0.29, 0.717) is 0 Å². The molecule has 0 atom stereocenters. The van der Waals surface area contributed by atoms with Crippen LogP contribution in [0.3, 0.4) is 0 Å². The van der Waals surface area contributed by atoms with Gasteiger partial charge in [-0.3, -0.25) is 0 Å². The minimum atomic E-state index is -0.715. The molecule has 12 aromatic carbocycles. The minimum absolute atomic E-state index is 0.715. The summed E-state index contributed by atoms with van der Waals surface area (Å²) in [6.07, 6.45) is 0. The summed E-state index contributed by atoms with van der Waals surface area (Å²) in [5, 5.41) is 9.88. The highest BCUT2D eigenvalue weighted by Gasteiger charge is 2.51. The van der Waals surface area contributed by atoms with Gasteiger partial charge in [-0.25, -0.2) is 0 Å². The molecule has 0 unspecified atom stereocenters. The number of hydrogen-bond donors (Lipinski definition) is 0. The SMILES string of the molecule is c1ccc2c(c1)Oc1ccccc1C21c2cc(-n3c4ccccc4c4cc(-n5c6ccccc6c6ccccc65)ccc43)ccc2-c2ccc(-n3c4ccccc4c4cc(-n5c6ccccc6c6ccccc65)ccc43)cc21. The molecule has 0 N–H and O–H groups in total. The van der Waals surface area contributed by atoms with E-state index in [1.54, 1.807) is 0 Å². The number of fused-ring (bicyclic) bond motifs is 21. The Morgan fingerprint density at radius 1 is 0.218 bits per heavy atom. The van der Waals surface area contributed by atoms with Gasteiger partial charge in [0.2, 0.25) is 0 Å². The van der Waals surface area contributed by atoms with Crippen molar-refractivity contribution >= 4 is 87.2 Å². The van der Waals surface area contributed by atoms with Gasteiger partial charge in [-0.1, -0.05) is 158 Å². The third kappa shape index (κ3) is 5.39. The van der Waals surface area contributed by atoms with Crippen LogP contribution in [-0.4, -0.2) is 18.3 Å². The third-order valence-electron chi connectivity index (χ3n) is 17.4. The summed E-state index contributed by atoms with van der Waals surface area (Å²) < 4.78 is 16.7. The molecule has 1 aliphatic carbocycles. The van der Waals surface area contributed by atoms with E-state index in [2.05, 4.69) is 285 Å². The number of nitrogens with zero attached hydrogens (tertiary/aromatic N) is 4. The Bertz CT molecular complexity index is 4840. The highest BCUT2D eigenvalue weighted by atomic mass is 16.5. The molecule has 1 aliphatic heterocycles. The zero-order valence-electron chi connectivity index (χ0n) is 42.1. The van der Waals surface area contributed by atoms with Gasteiger partial charge in [-0.15, -0.1) is 0 Å². The maximum Gasteiger partial charge on any atom is 0.132 e. The summed E-state index contributed by atoms with van der Waals surface area (Å²) in [5.74, 6) is 1.74. The van der Waals surface area contributed by atoms with Gasteiger partial charge in [-0.05, 0) is 131 Å². The highest BCUT2D eigenvalue weighted by Crippen LogP contribution is 2.63. The number of para-hydroxylation sites is 8. The molecule has 5 heterocycles. The van der Waals surface area contributed by atoms with Gasteiger partial charge in [0.05, 0.1) is 49.5 Å². The van der Waals surface area contributed by atoms with Crippen molar-refractivity contribution in [1.82, 2.24) is 18.3 Å². The molecule has 5 heteroatoms. The molecule has 0 amide bonds. The zero-order valence-corrected chi connectivity index (χ0v) is 42.1. The maximum atomic E-state index is 6.91. The van der Waals surface area contributed by atoms with E-state index in [0.717, 1.165) is 56.4 Å². The van der Waals surface area contributed by atoms with Gasteiger partial charge in [-0.2, -0.15) is 0 Å². The quantitative estimate of drug-likeness (QED) is 0.173. The van der Waals surface area contributed by atoms with E-state index < -0.39 is 5.41 Å². The van der Waals surface area contributed by atoms with E-state index >= 15 is 0 Å². The van der Waals surface area contributed by atoms with Crippen LogP contribution < -0.4 is 4.74 Å². The Labute approximate surface area is 447 Å². The normalized spacial score (nSPS) is 13.3. The molecule has 18 rings (SSSR count). The van der Waals surface area contributed by atoms with Crippen molar-refractivity contribution in [3.8, 4) is 45.4 Å². The Morgan fingerprint density at radius 2 is 0.487 bits per heavy atom. The molecule has 0 saturated heterocycles. The first-order chi connectivity index (χ1) is 38.7. The van der Waals surface area contributed by atoms with Crippen LogP contribution in [0.5, 0.6) is 11.5 Å². The van der Waals surface area contributed by atoms with Crippen molar-refractivity contribution in [3.63, 3.8) is 0 Å². The van der Waals surface area contributed by atoms with E-state index in [-0.39, 0.29) is 0 Å². The molecular weight excluding hydrogens is 949 g/mol. The van der Waals surface area contributed by atoms with Crippen LogP contribution in [0, 0.1) is 0 Å². The highest BCUT2D eigenvalue weighted by molar-refractivity contribution is 6.14. The van der Waals surface area contributed by atoms with Gasteiger partial charge < -0.3 is 23.0 Å². The van der Waals surface area contributed by atoms with E-state index in [4.69, 9.17) is 4.74 Å². The van der Waals surface area contributed by atoms with E-state index in [9.17, 15) is 0 Å². The molecule has 5 nitrogen and oxygen atoms in total. The van der Waals surface area contributed by atoms with Crippen LogP contribution in [0.2, 0.25) is 0 Å². The van der Waals surface area contributed by atoms with Crippen molar-refractivity contribution in [2.45, 2.75) is 5.41 Å². The second-order valence-corrected chi connectivity index (χ2v) is 21.2. The monoisotopic (exact) mass is 992 g/mol. The number of benzene rings is 12. The summed E-state index contributed by atoms with van der Waals surface area (Å²) in [6.45, 7) is 0. The molecule has 0 radical (unpaired) electrons. The van der Waals surface area contributed by atoms with Crippen molar-refractivity contribution in [1.29, 1.82) is 0 Å². The van der Waals surface area contributed by atoms with Gasteiger partial charge >= 0.3 is 0 Å². The fourth-order valence-corrected chi connectivity index (χ4v) is 14.3. The number of ether oxygens (including phenoxy) is 1. The van der Waals surface area contributed by atoms with E-state index in [1.807, 2.05) is 0 Å². The van der Waals surface area contributed by atoms with Crippen LogP contribution in [-0.2, 0) is 5.41 Å². The lowest BCUT2D eigenvalue weighted by Gasteiger charge is -2.39.